The highest BCUT2D eigenvalue weighted by Gasteiger charge is 2.22. The summed E-state index contributed by atoms with van der Waals surface area (Å²) in [5.41, 5.74) is 0. The lowest BCUT2D eigenvalue weighted by molar-refractivity contribution is 0.0821. The van der Waals surface area contributed by atoms with Gasteiger partial charge < -0.3 is 15.5 Å². The summed E-state index contributed by atoms with van der Waals surface area (Å²) < 4.78 is 0. The molecule has 0 aromatic rings. The Morgan fingerprint density at radius 2 is 2.08 bits per heavy atom. The van der Waals surface area contributed by atoms with Crippen LogP contribution < -0.4 is 5.32 Å². The van der Waals surface area contributed by atoms with Crippen molar-refractivity contribution in [2.75, 3.05) is 6.54 Å². The second-order valence-corrected chi connectivity index (χ2v) is 3.72. The van der Waals surface area contributed by atoms with Gasteiger partial charge in [-0.1, -0.05) is 12.8 Å². The SMILES string of the molecule is CC(O)CN[C@@H]1CCCCC1O. The summed E-state index contributed by atoms with van der Waals surface area (Å²) in [7, 11) is 0. The van der Waals surface area contributed by atoms with Crippen molar-refractivity contribution < 1.29 is 10.2 Å². The van der Waals surface area contributed by atoms with E-state index in [0.29, 0.717) is 6.54 Å². The third-order valence-electron chi connectivity index (χ3n) is 2.40. The first-order chi connectivity index (χ1) is 5.70. The lowest BCUT2D eigenvalue weighted by Crippen LogP contribution is -2.44. The van der Waals surface area contributed by atoms with Crippen LogP contribution in [0.2, 0.25) is 0 Å². The molecule has 1 aliphatic carbocycles. The molecule has 0 aromatic carbocycles. The zero-order valence-corrected chi connectivity index (χ0v) is 7.66. The number of aliphatic hydroxyl groups excluding tert-OH is 2. The molecule has 3 atom stereocenters. The summed E-state index contributed by atoms with van der Waals surface area (Å²) in [6, 6.07) is 0.202. The smallest absolute Gasteiger partial charge is 0.0693 e. The van der Waals surface area contributed by atoms with Gasteiger partial charge >= 0.3 is 0 Å². The third-order valence-corrected chi connectivity index (χ3v) is 2.40. The molecule has 3 nitrogen and oxygen atoms in total. The van der Waals surface area contributed by atoms with Crippen LogP contribution >= 0.6 is 0 Å². The molecule has 0 amide bonds. The molecule has 1 saturated carbocycles. The molecule has 12 heavy (non-hydrogen) atoms. The largest absolute Gasteiger partial charge is 0.392 e. The molecule has 2 unspecified atom stereocenters. The van der Waals surface area contributed by atoms with Gasteiger partial charge in [-0.05, 0) is 19.8 Å². The fourth-order valence-electron chi connectivity index (χ4n) is 1.67. The van der Waals surface area contributed by atoms with Gasteiger partial charge in [0.25, 0.3) is 0 Å². The van der Waals surface area contributed by atoms with E-state index in [0.717, 1.165) is 19.3 Å². The molecular formula is C9H19NO2. The van der Waals surface area contributed by atoms with E-state index in [1.54, 1.807) is 6.92 Å². The highest BCUT2D eigenvalue weighted by atomic mass is 16.3. The summed E-state index contributed by atoms with van der Waals surface area (Å²) in [4.78, 5) is 0. The first kappa shape index (κ1) is 9.96. The van der Waals surface area contributed by atoms with Crippen LogP contribution in [0, 0.1) is 0 Å². The summed E-state index contributed by atoms with van der Waals surface area (Å²) in [6.45, 7) is 2.34. The van der Waals surface area contributed by atoms with Crippen molar-refractivity contribution in [2.24, 2.45) is 0 Å². The van der Waals surface area contributed by atoms with Gasteiger partial charge in [0.1, 0.15) is 0 Å². The minimum absolute atomic E-state index is 0.202. The molecule has 0 radical (unpaired) electrons. The second kappa shape index (κ2) is 4.80. The first-order valence-corrected chi connectivity index (χ1v) is 4.79. The standard InChI is InChI=1S/C9H19NO2/c1-7(11)6-10-8-4-2-3-5-9(8)12/h7-12H,2-6H2,1H3/t7?,8-,9?/m1/s1. The number of hydrogen-bond acceptors (Lipinski definition) is 3. The van der Waals surface area contributed by atoms with E-state index in [9.17, 15) is 5.11 Å². The van der Waals surface area contributed by atoms with E-state index in [1.165, 1.54) is 6.42 Å². The van der Waals surface area contributed by atoms with Crippen LogP contribution in [0.25, 0.3) is 0 Å². The quantitative estimate of drug-likeness (QED) is 0.574. The highest BCUT2D eigenvalue weighted by molar-refractivity contribution is 4.80. The minimum atomic E-state index is -0.320. The molecule has 3 heteroatoms. The van der Waals surface area contributed by atoms with Crippen LogP contribution in [0.4, 0.5) is 0 Å². The van der Waals surface area contributed by atoms with E-state index in [2.05, 4.69) is 5.32 Å². The van der Waals surface area contributed by atoms with E-state index >= 15 is 0 Å². The van der Waals surface area contributed by atoms with Gasteiger partial charge in [-0.15, -0.1) is 0 Å². The maximum atomic E-state index is 9.54. The van der Waals surface area contributed by atoms with Crippen molar-refractivity contribution in [2.45, 2.75) is 50.9 Å². The van der Waals surface area contributed by atoms with Gasteiger partial charge in [0.15, 0.2) is 0 Å². The molecule has 1 aliphatic rings. The lowest BCUT2D eigenvalue weighted by Gasteiger charge is -2.28. The van der Waals surface area contributed by atoms with Crippen molar-refractivity contribution >= 4 is 0 Å². The molecule has 1 rings (SSSR count). The maximum absolute atomic E-state index is 9.54. The predicted molar refractivity (Wildman–Crippen MR) is 47.9 cm³/mol. The Kier molecular flexibility index (Phi) is 3.98. The number of hydrogen-bond donors (Lipinski definition) is 3. The molecule has 72 valence electrons. The van der Waals surface area contributed by atoms with Crippen LogP contribution in [-0.4, -0.2) is 35.0 Å². The molecule has 1 fully saturated rings. The number of aliphatic hydroxyl groups is 2. The molecular weight excluding hydrogens is 154 g/mol. The summed E-state index contributed by atoms with van der Waals surface area (Å²) in [6.07, 6.45) is 3.73. The molecule has 0 aromatic heterocycles. The highest BCUT2D eigenvalue weighted by Crippen LogP contribution is 2.17. The van der Waals surface area contributed by atoms with Crippen molar-refractivity contribution in [3.63, 3.8) is 0 Å². The summed E-state index contributed by atoms with van der Waals surface area (Å²) in [5.74, 6) is 0. The Bertz CT molecular complexity index is 128. The van der Waals surface area contributed by atoms with Gasteiger partial charge in [0.2, 0.25) is 0 Å². The maximum Gasteiger partial charge on any atom is 0.0693 e. The molecule has 0 spiro atoms. The van der Waals surface area contributed by atoms with Gasteiger partial charge in [0.05, 0.1) is 12.2 Å². The van der Waals surface area contributed by atoms with E-state index in [1.807, 2.05) is 0 Å². The fourth-order valence-corrected chi connectivity index (χ4v) is 1.67. The van der Waals surface area contributed by atoms with Crippen LogP contribution in [0.1, 0.15) is 32.6 Å². The Morgan fingerprint density at radius 1 is 1.42 bits per heavy atom. The minimum Gasteiger partial charge on any atom is -0.392 e. The van der Waals surface area contributed by atoms with Crippen molar-refractivity contribution in [1.82, 2.24) is 5.32 Å². The Labute approximate surface area is 73.8 Å². The van der Waals surface area contributed by atoms with Crippen molar-refractivity contribution in [3.05, 3.63) is 0 Å². The van der Waals surface area contributed by atoms with Crippen LogP contribution in [0.3, 0.4) is 0 Å². The van der Waals surface area contributed by atoms with Crippen LogP contribution in [0.15, 0.2) is 0 Å². The Balaban J connectivity index is 2.20. The molecule has 0 saturated heterocycles. The molecule has 0 aliphatic heterocycles. The third kappa shape index (κ3) is 3.09. The molecule has 0 heterocycles. The van der Waals surface area contributed by atoms with Gasteiger partial charge in [-0.25, -0.2) is 0 Å². The fraction of sp³-hybridized carbons (Fsp3) is 1.00. The van der Waals surface area contributed by atoms with Gasteiger partial charge in [-0.2, -0.15) is 0 Å². The topological polar surface area (TPSA) is 52.5 Å². The second-order valence-electron chi connectivity index (χ2n) is 3.72. The summed E-state index contributed by atoms with van der Waals surface area (Å²) in [5, 5.41) is 21.7. The average molecular weight is 173 g/mol. The van der Waals surface area contributed by atoms with Crippen LogP contribution in [-0.2, 0) is 0 Å². The number of nitrogens with one attached hydrogen (secondary N) is 1. The Morgan fingerprint density at radius 3 is 2.67 bits per heavy atom. The van der Waals surface area contributed by atoms with Gasteiger partial charge in [-0.3, -0.25) is 0 Å². The van der Waals surface area contributed by atoms with Crippen molar-refractivity contribution in [3.8, 4) is 0 Å². The lowest BCUT2D eigenvalue weighted by atomic mass is 9.92. The Hall–Kier alpha value is -0.120. The monoisotopic (exact) mass is 173 g/mol. The number of rotatable bonds is 3. The summed E-state index contributed by atoms with van der Waals surface area (Å²) >= 11 is 0. The van der Waals surface area contributed by atoms with E-state index in [-0.39, 0.29) is 18.2 Å². The van der Waals surface area contributed by atoms with Gasteiger partial charge in [0, 0.05) is 12.6 Å². The molecule has 3 N–H and O–H groups in total. The van der Waals surface area contributed by atoms with Crippen molar-refractivity contribution in [1.29, 1.82) is 0 Å². The average Bonchev–Trinajstić information content (AvgIpc) is 2.03. The first-order valence-electron chi connectivity index (χ1n) is 4.79. The van der Waals surface area contributed by atoms with E-state index in [4.69, 9.17) is 5.11 Å². The predicted octanol–water partition coefficient (Wildman–Crippen LogP) is 0.260. The zero-order chi connectivity index (χ0) is 8.97. The van der Waals surface area contributed by atoms with E-state index < -0.39 is 0 Å². The zero-order valence-electron chi connectivity index (χ0n) is 7.66. The van der Waals surface area contributed by atoms with Crippen LogP contribution in [0.5, 0.6) is 0 Å². The molecule has 0 bridgehead atoms. The normalized spacial score (nSPS) is 33.2.